The highest BCUT2D eigenvalue weighted by Gasteiger charge is 2.20. The van der Waals surface area contributed by atoms with Crippen molar-refractivity contribution in [3.05, 3.63) is 71.8 Å². The highest BCUT2D eigenvalue weighted by Crippen LogP contribution is 2.26. The molecule has 0 radical (unpaired) electrons. The second-order valence-corrected chi connectivity index (χ2v) is 6.25. The lowest BCUT2D eigenvalue weighted by Gasteiger charge is -2.02. The van der Waals surface area contributed by atoms with E-state index < -0.39 is 17.5 Å². The fourth-order valence-electron chi connectivity index (χ4n) is 2.37. The first kappa shape index (κ1) is 17.0. The predicted molar refractivity (Wildman–Crippen MR) is 95.2 cm³/mol. The Morgan fingerprint density at radius 2 is 1.85 bits per heavy atom. The summed E-state index contributed by atoms with van der Waals surface area (Å²) in [5.74, 6) is -1.40. The van der Waals surface area contributed by atoms with Gasteiger partial charge < -0.3 is 4.42 Å². The third-order valence-corrected chi connectivity index (χ3v) is 4.36. The first-order valence-electron chi connectivity index (χ1n) is 7.68. The minimum atomic E-state index is -0.556. The summed E-state index contributed by atoms with van der Waals surface area (Å²) in [6.45, 7) is 0. The fourth-order valence-corrected chi connectivity index (χ4v) is 3.07. The quantitative estimate of drug-likeness (QED) is 0.564. The van der Waals surface area contributed by atoms with E-state index in [0.29, 0.717) is 22.1 Å². The van der Waals surface area contributed by atoms with Gasteiger partial charge in [0, 0.05) is 23.2 Å². The first-order chi connectivity index (χ1) is 13.1. The summed E-state index contributed by atoms with van der Waals surface area (Å²) in [5, 5.41) is 4.56. The molecule has 0 unspecified atom stereocenters. The van der Waals surface area contributed by atoms with Crippen LogP contribution in [-0.2, 0) is 0 Å². The lowest BCUT2D eigenvalue weighted by Crippen LogP contribution is -2.12. The van der Waals surface area contributed by atoms with E-state index in [1.165, 1.54) is 42.6 Å². The molecule has 3 heterocycles. The van der Waals surface area contributed by atoms with Crippen LogP contribution in [0.3, 0.4) is 0 Å². The Balaban J connectivity index is 1.56. The van der Waals surface area contributed by atoms with Crippen molar-refractivity contribution >= 4 is 22.4 Å². The molecule has 0 saturated carbocycles. The van der Waals surface area contributed by atoms with Crippen LogP contribution >= 0.6 is 11.3 Å². The third kappa shape index (κ3) is 3.58. The zero-order valence-corrected chi connectivity index (χ0v) is 14.3. The van der Waals surface area contributed by atoms with E-state index in [1.54, 1.807) is 5.38 Å². The maximum atomic E-state index is 13.3. The second kappa shape index (κ2) is 7.04. The van der Waals surface area contributed by atoms with Crippen LogP contribution in [0.5, 0.6) is 0 Å². The minimum Gasteiger partial charge on any atom is -0.438 e. The number of benzene rings is 1. The summed E-state index contributed by atoms with van der Waals surface area (Å²) in [4.78, 5) is 24.8. The molecule has 0 spiro atoms. The van der Waals surface area contributed by atoms with Gasteiger partial charge >= 0.3 is 0 Å². The smallest absolute Gasteiger partial charge is 0.295 e. The van der Waals surface area contributed by atoms with Gasteiger partial charge in [-0.15, -0.1) is 11.3 Å². The van der Waals surface area contributed by atoms with Crippen molar-refractivity contribution in [3.63, 3.8) is 0 Å². The Morgan fingerprint density at radius 1 is 1.04 bits per heavy atom. The van der Waals surface area contributed by atoms with Gasteiger partial charge in [-0.2, -0.15) is 0 Å². The van der Waals surface area contributed by atoms with Crippen LogP contribution in [0.15, 0.2) is 58.8 Å². The Labute approximate surface area is 155 Å². The van der Waals surface area contributed by atoms with Gasteiger partial charge in [0.1, 0.15) is 23.0 Å². The summed E-state index contributed by atoms with van der Waals surface area (Å²) in [5.41, 5.74) is 1.62. The van der Waals surface area contributed by atoms with Gasteiger partial charge in [-0.05, 0) is 30.3 Å². The average Bonchev–Trinajstić information content (AvgIpc) is 3.32. The molecule has 4 rings (SSSR count). The lowest BCUT2D eigenvalue weighted by molar-refractivity contribution is 0.0997. The van der Waals surface area contributed by atoms with Crippen LogP contribution in [-0.4, -0.2) is 20.9 Å². The molecule has 0 atom stereocenters. The standard InChI is InChI=1S/C18H10F2N4O2S/c19-11-3-1-10(2-4-11)15-16(26-9-22-15)17(25)24-18-23-14(8-27-18)13-7-12(20)5-6-21-13/h1-9H,(H,23,24,25). The molecule has 1 aromatic carbocycles. The maximum absolute atomic E-state index is 13.3. The van der Waals surface area contributed by atoms with Crippen LogP contribution in [0.1, 0.15) is 10.6 Å². The van der Waals surface area contributed by atoms with E-state index in [4.69, 9.17) is 4.42 Å². The average molecular weight is 384 g/mol. The number of thiazole rings is 1. The van der Waals surface area contributed by atoms with Gasteiger partial charge in [-0.3, -0.25) is 15.1 Å². The van der Waals surface area contributed by atoms with Crippen molar-refractivity contribution < 1.29 is 18.0 Å². The van der Waals surface area contributed by atoms with Gasteiger partial charge in [0.15, 0.2) is 11.5 Å². The van der Waals surface area contributed by atoms with E-state index in [-0.39, 0.29) is 11.5 Å². The summed E-state index contributed by atoms with van der Waals surface area (Å²) in [6.07, 6.45) is 2.48. The molecule has 27 heavy (non-hydrogen) atoms. The van der Waals surface area contributed by atoms with Crippen LogP contribution in [0.25, 0.3) is 22.6 Å². The summed E-state index contributed by atoms with van der Waals surface area (Å²) < 4.78 is 31.6. The normalized spacial score (nSPS) is 10.7. The van der Waals surface area contributed by atoms with Crippen LogP contribution in [0.4, 0.5) is 13.9 Å². The number of aromatic nitrogens is 3. The summed E-state index contributed by atoms with van der Waals surface area (Å²) in [7, 11) is 0. The second-order valence-electron chi connectivity index (χ2n) is 5.39. The van der Waals surface area contributed by atoms with E-state index in [9.17, 15) is 13.6 Å². The largest absolute Gasteiger partial charge is 0.438 e. The molecule has 4 aromatic rings. The molecule has 9 heteroatoms. The lowest BCUT2D eigenvalue weighted by atomic mass is 10.1. The Kier molecular flexibility index (Phi) is 4.43. The number of carbonyl (C=O) groups excluding carboxylic acids is 1. The molecule has 0 saturated heterocycles. The monoisotopic (exact) mass is 384 g/mol. The SMILES string of the molecule is O=C(Nc1nc(-c2cc(F)ccn2)cs1)c1ocnc1-c1ccc(F)cc1. The van der Waals surface area contributed by atoms with E-state index in [2.05, 4.69) is 20.3 Å². The van der Waals surface area contributed by atoms with Gasteiger partial charge in [0.2, 0.25) is 5.76 Å². The van der Waals surface area contributed by atoms with E-state index in [0.717, 1.165) is 17.7 Å². The number of amides is 1. The number of hydrogen-bond acceptors (Lipinski definition) is 6. The van der Waals surface area contributed by atoms with Crippen molar-refractivity contribution in [1.29, 1.82) is 0 Å². The fraction of sp³-hybridized carbons (Fsp3) is 0. The molecule has 0 aliphatic heterocycles. The third-order valence-electron chi connectivity index (χ3n) is 3.60. The van der Waals surface area contributed by atoms with Crippen molar-refractivity contribution in [2.45, 2.75) is 0 Å². The number of anilines is 1. The number of nitrogens with zero attached hydrogens (tertiary/aromatic N) is 3. The summed E-state index contributed by atoms with van der Waals surface area (Å²) >= 11 is 1.16. The molecule has 1 amide bonds. The van der Waals surface area contributed by atoms with Crippen molar-refractivity contribution in [3.8, 4) is 22.6 Å². The number of hydrogen-bond donors (Lipinski definition) is 1. The zero-order valence-electron chi connectivity index (χ0n) is 13.5. The molecular weight excluding hydrogens is 374 g/mol. The number of rotatable bonds is 4. The van der Waals surface area contributed by atoms with Crippen molar-refractivity contribution in [2.75, 3.05) is 5.32 Å². The predicted octanol–water partition coefficient (Wildman–Crippen LogP) is 4.39. The van der Waals surface area contributed by atoms with Gasteiger partial charge in [0.25, 0.3) is 5.91 Å². The van der Waals surface area contributed by atoms with E-state index >= 15 is 0 Å². The molecule has 6 nitrogen and oxygen atoms in total. The Morgan fingerprint density at radius 3 is 2.63 bits per heavy atom. The Bertz CT molecular complexity index is 1110. The molecule has 0 bridgehead atoms. The molecular formula is C18H10F2N4O2S. The number of halogens is 2. The molecule has 0 aliphatic carbocycles. The van der Waals surface area contributed by atoms with Crippen LogP contribution < -0.4 is 5.32 Å². The molecule has 3 aromatic heterocycles. The molecule has 134 valence electrons. The van der Waals surface area contributed by atoms with Crippen LogP contribution in [0.2, 0.25) is 0 Å². The summed E-state index contributed by atoms with van der Waals surface area (Å²) in [6, 6.07) is 8.03. The topological polar surface area (TPSA) is 80.9 Å². The van der Waals surface area contributed by atoms with Crippen molar-refractivity contribution in [2.24, 2.45) is 0 Å². The highest BCUT2D eigenvalue weighted by atomic mass is 32.1. The maximum Gasteiger partial charge on any atom is 0.295 e. The molecule has 0 aliphatic rings. The van der Waals surface area contributed by atoms with E-state index in [1.807, 2.05) is 0 Å². The molecule has 1 N–H and O–H groups in total. The zero-order chi connectivity index (χ0) is 18.8. The number of carbonyl (C=O) groups is 1. The highest BCUT2D eigenvalue weighted by molar-refractivity contribution is 7.14. The van der Waals surface area contributed by atoms with Gasteiger partial charge in [-0.25, -0.2) is 18.7 Å². The number of pyridine rings is 1. The minimum absolute atomic E-state index is 0.0257. The van der Waals surface area contributed by atoms with Crippen LogP contribution in [0, 0.1) is 11.6 Å². The number of oxazole rings is 1. The molecule has 0 fully saturated rings. The Hall–Kier alpha value is -3.46. The van der Waals surface area contributed by atoms with Gasteiger partial charge in [-0.1, -0.05) is 0 Å². The first-order valence-corrected chi connectivity index (χ1v) is 8.56. The van der Waals surface area contributed by atoms with Crippen molar-refractivity contribution in [1.82, 2.24) is 15.0 Å². The van der Waals surface area contributed by atoms with Gasteiger partial charge in [0.05, 0.1) is 5.69 Å². The number of nitrogens with one attached hydrogen (secondary N) is 1.